The van der Waals surface area contributed by atoms with E-state index in [4.69, 9.17) is 0 Å². The number of hydrogen-bond acceptors (Lipinski definition) is 0. The second kappa shape index (κ2) is 6.09. The molecule has 0 saturated carbocycles. The molecule has 0 unspecified atom stereocenters. The molecule has 0 radical (unpaired) electrons. The van der Waals surface area contributed by atoms with Gasteiger partial charge in [-0.2, -0.15) is 0 Å². The van der Waals surface area contributed by atoms with E-state index in [1.54, 1.807) is 0 Å². The van der Waals surface area contributed by atoms with Gasteiger partial charge in [0.25, 0.3) is 0 Å². The van der Waals surface area contributed by atoms with Gasteiger partial charge in [-0.1, -0.05) is 45.2 Å². The summed E-state index contributed by atoms with van der Waals surface area (Å²) < 4.78 is 0. The lowest BCUT2D eigenvalue weighted by Crippen LogP contribution is -1.99. The molecule has 0 aliphatic heterocycles. The fourth-order valence-electron chi connectivity index (χ4n) is 0.545. The molecule has 2 heteroatoms. The monoisotopic (exact) mass is 242 g/mol. The molecule has 0 fully saturated rings. The number of alkyl halides is 2. The van der Waals surface area contributed by atoms with E-state index >= 15 is 0 Å². The van der Waals surface area contributed by atoms with Gasteiger partial charge in [0, 0.05) is 10.7 Å². The van der Waals surface area contributed by atoms with Crippen molar-refractivity contribution in [3.63, 3.8) is 0 Å². The van der Waals surface area contributed by atoms with Gasteiger partial charge in [-0.05, 0) is 12.3 Å². The summed E-state index contributed by atoms with van der Waals surface area (Å²) in [6, 6.07) is 0. The molecule has 50 valence electrons. The molecule has 0 aromatic rings. The van der Waals surface area contributed by atoms with E-state index in [2.05, 4.69) is 38.8 Å². The van der Waals surface area contributed by atoms with Crippen molar-refractivity contribution in [1.82, 2.24) is 0 Å². The fraction of sp³-hybridized carbons (Fsp3) is 1.00. The standard InChI is InChI=1S/C6H12Br2/c1-2-6(5-8)3-4-7/h6H,2-5H2,1H3/t6-/m1/s1. The summed E-state index contributed by atoms with van der Waals surface area (Å²) in [5.74, 6) is 0.870. The van der Waals surface area contributed by atoms with Crippen molar-refractivity contribution < 1.29 is 0 Å². The zero-order valence-electron chi connectivity index (χ0n) is 5.16. The van der Waals surface area contributed by atoms with Crippen molar-refractivity contribution in [1.29, 1.82) is 0 Å². The van der Waals surface area contributed by atoms with Crippen LogP contribution in [0.3, 0.4) is 0 Å². The SMILES string of the molecule is CC[C@@H](CBr)CCBr. The molecule has 0 nitrogen and oxygen atoms in total. The molecule has 0 spiro atoms. The maximum atomic E-state index is 3.46. The Bertz CT molecular complexity index is 41.8. The summed E-state index contributed by atoms with van der Waals surface area (Å²) in [4.78, 5) is 0. The third kappa shape index (κ3) is 3.90. The molecular weight excluding hydrogens is 232 g/mol. The normalized spacial score (nSPS) is 13.9. The first-order valence-electron chi connectivity index (χ1n) is 2.97. The smallest absolute Gasteiger partial charge is 0.00598 e. The molecule has 0 aliphatic rings. The van der Waals surface area contributed by atoms with Gasteiger partial charge in [0.05, 0.1) is 0 Å². The molecular formula is C6H12Br2. The predicted molar refractivity (Wildman–Crippen MR) is 46.0 cm³/mol. The molecule has 0 aromatic carbocycles. The summed E-state index contributed by atoms with van der Waals surface area (Å²) >= 11 is 6.87. The number of rotatable bonds is 4. The quantitative estimate of drug-likeness (QED) is 0.666. The molecule has 8 heavy (non-hydrogen) atoms. The van der Waals surface area contributed by atoms with Gasteiger partial charge >= 0.3 is 0 Å². The van der Waals surface area contributed by atoms with Crippen molar-refractivity contribution >= 4 is 31.9 Å². The Morgan fingerprint density at radius 2 is 2.00 bits per heavy atom. The zero-order chi connectivity index (χ0) is 6.41. The maximum Gasteiger partial charge on any atom is 0.00598 e. The third-order valence-electron chi connectivity index (χ3n) is 1.31. The van der Waals surface area contributed by atoms with Gasteiger partial charge in [0.1, 0.15) is 0 Å². The molecule has 0 saturated heterocycles. The van der Waals surface area contributed by atoms with E-state index in [0.29, 0.717) is 0 Å². The van der Waals surface area contributed by atoms with Crippen LogP contribution in [0.25, 0.3) is 0 Å². The van der Waals surface area contributed by atoms with E-state index in [0.717, 1.165) is 16.6 Å². The highest BCUT2D eigenvalue weighted by Crippen LogP contribution is 2.11. The minimum atomic E-state index is 0.870. The highest BCUT2D eigenvalue weighted by Gasteiger charge is 2.00. The average Bonchev–Trinajstić information content (AvgIpc) is 1.83. The lowest BCUT2D eigenvalue weighted by Gasteiger charge is -2.06. The van der Waals surface area contributed by atoms with Crippen LogP contribution in [-0.2, 0) is 0 Å². The molecule has 0 aliphatic carbocycles. The second-order valence-electron chi connectivity index (χ2n) is 1.91. The van der Waals surface area contributed by atoms with Gasteiger partial charge in [-0.25, -0.2) is 0 Å². The summed E-state index contributed by atoms with van der Waals surface area (Å²) in [7, 11) is 0. The van der Waals surface area contributed by atoms with E-state index < -0.39 is 0 Å². The van der Waals surface area contributed by atoms with Crippen LogP contribution in [-0.4, -0.2) is 10.7 Å². The Hall–Kier alpha value is 0.960. The van der Waals surface area contributed by atoms with Crippen molar-refractivity contribution in [2.45, 2.75) is 19.8 Å². The fourth-order valence-corrected chi connectivity index (χ4v) is 1.97. The Morgan fingerprint density at radius 1 is 1.38 bits per heavy atom. The summed E-state index contributed by atoms with van der Waals surface area (Å²) in [6.07, 6.45) is 2.58. The van der Waals surface area contributed by atoms with Crippen LogP contribution in [0.5, 0.6) is 0 Å². The summed E-state index contributed by atoms with van der Waals surface area (Å²) in [5, 5.41) is 2.28. The Balaban J connectivity index is 3.07. The third-order valence-corrected chi connectivity index (χ3v) is 2.69. The van der Waals surface area contributed by atoms with Crippen molar-refractivity contribution in [2.24, 2.45) is 5.92 Å². The molecule has 1 atom stereocenters. The molecule has 0 aromatic heterocycles. The average molecular weight is 244 g/mol. The lowest BCUT2D eigenvalue weighted by atomic mass is 10.1. The minimum absolute atomic E-state index is 0.870. The van der Waals surface area contributed by atoms with Gasteiger partial charge in [-0.3, -0.25) is 0 Å². The van der Waals surface area contributed by atoms with Gasteiger partial charge in [-0.15, -0.1) is 0 Å². The molecule has 0 bridgehead atoms. The van der Waals surface area contributed by atoms with Crippen LogP contribution in [0.2, 0.25) is 0 Å². The highest BCUT2D eigenvalue weighted by atomic mass is 79.9. The number of halogens is 2. The van der Waals surface area contributed by atoms with Crippen molar-refractivity contribution in [3.8, 4) is 0 Å². The second-order valence-corrected chi connectivity index (χ2v) is 3.35. The van der Waals surface area contributed by atoms with Crippen LogP contribution in [0, 0.1) is 5.92 Å². The van der Waals surface area contributed by atoms with Gasteiger partial charge in [0.2, 0.25) is 0 Å². The molecule has 0 N–H and O–H groups in total. The van der Waals surface area contributed by atoms with Crippen LogP contribution >= 0.6 is 31.9 Å². The van der Waals surface area contributed by atoms with E-state index in [1.807, 2.05) is 0 Å². The van der Waals surface area contributed by atoms with Crippen LogP contribution in [0.15, 0.2) is 0 Å². The Morgan fingerprint density at radius 3 is 2.12 bits per heavy atom. The van der Waals surface area contributed by atoms with Gasteiger partial charge in [0.15, 0.2) is 0 Å². The Kier molecular flexibility index (Phi) is 6.82. The zero-order valence-corrected chi connectivity index (χ0v) is 8.33. The van der Waals surface area contributed by atoms with Crippen LogP contribution in [0.1, 0.15) is 19.8 Å². The largest absolute Gasteiger partial charge is 0.0928 e. The summed E-state index contributed by atoms with van der Waals surface area (Å²) in [5.41, 5.74) is 0. The summed E-state index contributed by atoms with van der Waals surface area (Å²) in [6.45, 7) is 2.23. The first-order valence-corrected chi connectivity index (χ1v) is 5.21. The topological polar surface area (TPSA) is 0 Å². The van der Waals surface area contributed by atoms with Gasteiger partial charge < -0.3 is 0 Å². The van der Waals surface area contributed by atoms with E-state index in [9.17, 15) is 0 Å². The minimum Gasteiger partial charge on any atom is -0.0928 e. The maximum absolute atomic E-state index is 3.46. The molecule has 0 heterocycles. The number of hydrogen-bond donors (Lipinski definition) is 0. The molecule has 0 rings (SSSR count). The van der Waals surface area contributed by atoms with E-state index in [1.165, 1.54) is 12.8 Å². The first kappa shape index (κ1) is 8.96. The molecule has 0 amide bonds. The Labute approximate surface area is 68.3 Å². The van der Waals surface area contributed by atoms with Crippen molar-refractivity contribution in [2.75, 3.05) is 10.7 Å². The predicted octanol–water partition coefficient (Wildman–Crippen LogP) is 3.19. The van der Waals surface area contributed by atoms with E-state index in [-0.39, 0.29) is 0 Å². The lowest BCUT2D eigenvalue weighted by molar-refractivity contribution is 0.563. The van der Waals surface area contributed by atoms with Crippen LogP contribution < -0.4 is 0 Å². The first-order chi connectivity index (χ1) is 3.85. The highest BCUT2D eigenvalue weighted by molar-refractivity contribution is 9.09. The van der Waals surface area contributed by atoms with Crippen LogP contribution in [0.4, 0.5) is 0 Å². The van der Waals surface area contributed by atoms with Crippen molar-refractivity contribution in [3.05, 3.63) is 0 Å².